The molecule has 0 aliphatic heterocycles. The first-order valence-corrected chi connectivity index (χ1v) is 5.81. The average molecular weight is 254 g/mol. The van der Waals surface area contributed by atoms with Gasteiger partial charge in [0.1, 0.15) is 11.6 Å². The number of rotatable bonds is 6. The number of Topliss-reactive ketones (excluding diaryl/α,β-unsaturated/α-hetero) is 1. The predicted molar refractivity (Wildman–Crippen MR) is 68.3 cm³/mol. The number of benzene rings is 1. The number of hydrogen-bond donors (Lipinski definition) is 2. The van der Waals surface area contributed by atoms with Crippen LogP contribution in [0.1, 0.15) is 22.8 Å². The second-order valence-corrected chi connectivity index (χ2v) is 4.36. The lowest BCUT2D eigenvalue weighted by Crippen LogP contribution is -2.27. The van der Waals surface area contributed by atoms with Gasteiger partial charge in [0, 0.05) is 25.2 Å². The van der Waals surface area contributed by atoms with Gasteiger partial charge in [-0.05, 0) is 33.2 Å². The molecule has 0 radical (unpaired) electrons. The Bertz CT molecular complexity index is 435. The van der Waals surface area contributed by atoms with Crippen molar-refractivity contribution in [3.63, 3.8) is 0 Å². The van der Waals surface area contributed by atoms with Gasteiger partial charge in [-0.15, -0.1) is 0 Å². The molecule has 18 heavy (non-hydrogen) atoms. The third kappa shape index (κ3) is 3.78. The summed E-state index contributed by atoms with van der Waals surface area (Å²) < 4.78 is 13.4. The first-order chi connectivity index (χ1) is 8.45. The van der Waals surface area contributed by atoms with Gasteiger partial charge in [-0.1, -0.05) is 0 Å². The van der Waals surface area contributed by atoms with E-state index >= 15 is 0 Å². The Morgan fingerprint density at radius 3 is 2.72 bits per heavy atom. The summed E-state index contributed by atoms with van der Waals surface area (Å²) in [6.07, 6.45) is 0. The van der Waals surface area contributed by atoms with Crippen LogP contribution < -0.4 is 5.32 Å². The molecule has 0 saturated heterocycles. The van der Waals surface area contributed by atoms with Crippen molar-refractivity contribution < 1.29 is 14.3 Å². The van der Waals surface area contributed by atoms with Gasteiger partial charge in [0.05, 0.1) is 5.56 Å². The lowest BCUT2D eigenvalue weighted by molar-refractivity contribution is 0.101. The van der Waals surface area contributed by atoms with Crippen molar-refractivity contribution in [1.29, 1.82) is 0 Å². The molecule has 0 bridgehead atoms. The van der Waals surface area contributed by atoms with E-state index in [0.29, 0.717) is 12.1 Å². The summed E-state index contributed by atoms with van der Waals surface area (Å²) in [5.74, 6) is -0.971. The van der Waals surface area contributed by atoms with Gasteiger partial charge in [0.25, 0.3) is 0 Å². The van der Waals surface area contributed by atoms with Crippen molar-refractivity contribution in [3.05, 3.63) is 29.1 Å². The SMILES string of the molecule is CNCCN(C)Cc1cc(F)cc(C(C)=O)c1O. The second-order valence-electron chi connectivity index (χ2n) is 4.36. The molecule has 0 fully saturated rings. The quantitative estimate of drug-likeness (QED) is 0.753. The molecule has 0 unspecified atom stereocenters. The maximum Gasteiger partial charge on any atom is 0.163 e. The normalized spacial score (nSPS) is 10.9. The Labute approximate surface area is 106 Å². The van der Waals surface area contributed by atoms with Crippen LogP contribution in [0.5, 0.6) is 5.75 Å². The Balaban J connectivity index is 2.91. The molecule has 0 saturated carbocycles. The molecule has 5 heteroatoms. The van der Waals surface area contributed by atoms with Crippen molar-refractivity contribution in [3.8, 4) is 5.75 Å². The third-order valence-corrected chi connectivity index (χ3v) is 2.72. The van der Waals surface area contributed by atoms with Gasteiger partial charge < -0.3 is 15.3 Å². The molecule has 1 rings (SSSR count). The fourth-order valence-electron chi connectivity index (χ4n) is 1.72. The lowest BCUT2D eigenvalue weighted by Gasteiger charge is -2.18. The number of ketones is 1. The van der Waals surface area contributed by atoms with E-state index < -0.39 is 5.82 Å². The Morgan fingerprint density at radius 2 is 2.17 bits per heavy atom. The highest BCUT2D eigenvalue weighted by Gasteiger charge is 2.14. The van der Waals surface area contributed by atoms with E-state index in [2.05, 4.69) is 5.32 Å². The molecule has 1 aromatic rings. The minimum absolute atomic E-state index is 0.0343. The monoisotopic (exact) mass is 254 g/mol. The van der Waals surface area contributed by atoms with E-state index in [1.807, 2.05) is 19.0 Å². The van der Waals surface area contributed by atoms with Crippen molar-refractivity contribution >= 4 is 5.78 Å². The summed E-state index contributed by atoms with van der Waals surface area (Å²) in [6, 6.07) is 2.33. The van der Waals surface area contributed by atoms with Crippen molar-refractivity contribution in [2.45, 2.75) is 13.5 Å². The molecule has 1 aromatic carbocycles. The van der Waals surface area contributed by atoms with Gasteiger partial charge >= 0.3 is 0 Å². The number of aromatic hydroxyl groups is 1. The van der Waals surface area contributed by atoms with E-state index in [4.69, 9.17) is 0 Å². The molecule has 100 valence electrons. The summed E-state index contributed by atoms with van der Waals surface area (Å²) in [4.78, 5) is 13.2. The zero-order chi connectivity index (χ0) is 13.7. The molecule has 0 heterocycles. The molecular formula is C13H19FN2O2. The fraction of sp³-hybridized carbons (Fsp3) is 0.462. The van der Waals surface area contributed by atoms with Crippen molar-refractivity contribution in [1.82, 2.24) is 10.2 Å². The van der Waals surface area contributed by atoms with E-state index in [-0.39, 0.29) is 17.1 Å². The number of carbonyl (C=O) groups excluding carboxylic acids is 1. The van der Waals surface area contributed by atoms with Gasteiger partial charge in [0.15, 0.2) is 5.78 Å². The molecule has 4 nitrogen and oxygen atoms in total. The summed E-state index contributed by atoms with van der Waals surface area (Å²) in [7, 11) is 3.72. The number of phenolic OH excluding ortho intramolecular Hbond substituents is 1. The largest absolute Gasteiger partial charge is 0.507 e. The zero-order valence-electron chi connectivity index (χ0n) is 11.0. The topological polar surface area (TPSA) is 52.6 Å². The maximum absolute atomic E-state index is 13.4. The molecule has 0 aliphatic carbocycles. The van der Waals surface area contributed by atoms with Crippen LogP contribution in [0.2, 0.25) is 0 Å². The Hall–Kier alpha value is -1.46. The fourth-order valence-corrected chi connectivity index (χ4v) is 1.72. The van der Waals surface area contributed by atoms with Crippen molar-refractivity contribution in [2.75, 3.05) is 27.2 Å². The first kappa shape index (κ1) is 14.6. The highest BCUT2D eigenvalue weighted by atomic mass is 19.1. The first-order valence-electron chi connectivity index (χ1n) is 5.81. The molecule has 0 atom stereocenters. The van der Waals surface area contributed by atoms with Gasteiger partial charge in [0.2, 0.25) is 0 Å². The Kier molecular flexibility index (Phi) is 5.25. The van der Waals surface area contributed by atoms with Crippen LogP contribution >= 0.6 is 0 Å². The highest BCUT2D eigenvalue weighted by Crippen LogP contribution is 2.25. The number of halogens is 1. The molecule has 2 N–H and O–H groups in total. The number of likely N-dealkylation sites (N-methyl/N-ethyl adjacent to an activating group) is 2. The summed E-state index contributed by atoms with van der Waals surface area (Å²) in [6.45, 7) is 3.27. The molecule has 0 amide bonds. The van der Waals surface area contributed by atoms with E-state index in [9.17, 15) is 14.3 Å². The third-order valence-electron chi connectivity index (χ3n) is 2.72. The van der Waals surface area contributed by atoms with Gasteiger partial charge in [-0.25, -0.2) is 4.39 Å². The minimum atomic E-state index is -0.505. The van der Waals surface area contributed by atoms with E-state index in [0.717, 1.165) is 19.2 Å². The number of nitrogens with zero attached hydrogens (tertiary/aromatic N) is 1. The lowest BCUT2D eigenvalue weighted by atomic mass is 10.1. The van der Waals surface area contributed by atoms with Gasteiger partial charge in [-0.2, -0.15) is 0 Å². The van der Waals surface area contributed by atoms with E-state index in [1.54, 1.807) is 0 Å². The second kappa shape index (κ2) is 6.47. The van der Waals surface area contributed by atoms with Gasteiger partial charge in [-0.3, -0.25) is 4.79 Å². The number of nitrogens with one attached hydrogen (secondary N) is 1. The van der Waals surface area contributed by atoms with Crippen LogP contribution in [-0.4, -0.2) is 43.0 Å². The van der Waals surface area contributed by atoms with Crippen LogP contribution in [0.25, 0.3) is 0 Å². The highest BCUT2D eigenvalue weighted by molar-refractivity contribution is 5.97. The smallest absolute Gasteiger partial charge is 0.163 e. The van der Waals surface area contributed by atoms with Crippen LogP contribution in [0.4, 0.5) is 4.39 Å². The molecular weight excluding hydrogens is 235 g/mol. The standard InChI is InChI=1S/C13H19FN2O2/c1-9(17)12-7-11(14)6-10(13(12)18)8-16(3)5-4-15-2/h6-7,15,18H,4-5,8H2,1-3H3. The van der Waals surface area contributed by atoms with Crippen LogP contribution in [0, 0.1) is 5.82 Å². The molecule has 0 aromatic heterocycles. The molecule has 0 aliphatic rings. The Morgan fingerprint density at radius 1 is 1.50 bits per heavy atom. The van der Waals surface area contributed by atoms with Crippen LogP contribution in [0.3, 0.4) is 0 Å². The number of carbonyl (C=O) groups is 1. The van der Waals surface area contributed by atoms with Crippen LogP contribution in [0.15, 0.2) is 12.1 Å². The summed E-state index contributed by atoms with van der Waals surface area (Å²) in [5, 5.41) is 12.9. The van der Waals surface area contributed by atoms with E-state index in [1.165, 1.54) is 13.0 Å². The minimum Gasteiger partial charge on any atom is -0.507 e. The molecule has 0 spiro atoms. The summed E-state index contributed by atoms with van der Waals surface area (Å²) in [5.41, 5.74) is 0.464. The van der Waals surface area contributed by atoms with Crippen LogP contribution in [-0.2, 0) is 6.54 Å². The predicted octanol–water partition coefficient (Wildman–Crippen LogP) is 1.39. The average Bonchev–Trinajstić information content (AvgIpc) is 2.30. The van der Waals surface area contributed by atoms with Crippen molar-refractivity contribution in [2.24, 2.45) is 0 Å². The zero-order valence-corrected chi connectivity index (χ0v) is 11.0. The summed E-state index contributed by atoms with van der Waals surface area (Å²) >= 11 is 0. The number of hydrogen-bond acceptors (Lipinski definition) is 4. The number of phenols is 1. The maximum atomic E-state index is 13.4.